The normalized spacial score (nSPS) is 19.9. The first-order valence-corrected chi connectivity index (χ1v) is 5.85. The van der Waals surface area contributed by atoms with Crippen molar-refractivity contribution >= 4 is 5.91 Å². The Morgan fingerprint density at radius 3 is 2.80 bits per heavy atom. The van der Waals surface area contributed by atoms with Gasteiger partial charge in [-0.2, -0.15) is 0 Å². The first-order valence-electron chi connectivity index (χ1n) is 5.85. The first kappa shape index (κ1) is 12.5. The Morgan fingerprint density at radius 1 is 1.53 bits per heavy atom. The third-order valence-corrected chi connectivity index (χ3v) is 2.84. The summed E-state index contributed by atoms with van der Waals surface area (Å²) in [7, 11) is 0. The van der Waals surface area contributed by atoms with Gasteiger partial charge in [-0.3, -0.25) is 4.79 Å². The van der Waals surface area contributed by atoms with Crippen molar-refractivity contribution in [2.75, 3.05) is 19.8 Å². The van der Waals surface area contributed by atoms with Gasteiger partial charge in [0.15, 0.2) is 0 Å². The van der Waals surface area contributed by atoms with Gasteiger partial charge in [-0.15, -0.1) is 0 Å². The van der Waals surface area contributed by atoms with Gasteiger partial charge < -0.3 is 15.8 Å². The number of rotatable bonds is 5. The Balaban J connectivity index is 2.14. The Morgan fingerprint density at radius 2 is 2.20 bits per heavy atom. The predicted octanol–water partition coefficient (Wildman–Crippen LogP) is 0.657. The highest BCUT2D eigenvalue weighted by molar-refractivity contribution is 5.81. The van der Waals surface area contributed by atoms with Crippen LogP contribution in [0.4, 0.5) is 0 Å². The van der Waals surface area contributed by atoms with E-state index in [1.165, 1.54) is 0 Å². The second kappa shape index (κ2) is 6.80. The maximum absolute atomic E-state index is 11.5. The van der Waals surface area contributed by atoms with E-state index in [0.29, 0.717) is 5.92 Å². The number of carbonyl (C=O) groups excluding carboxylic acids is 1. The summed E-state index contributed by atoms with van der Waals surface area (Å²) in [6.07, 6.45) is 3.80. The van der Waals surface area contributed by atoms with Gasteiger partial charge in [0.1, 0.15) is 0 Å². The van der Waals surface area contributed by atoms with Crippen molar-refractivity contribution in [3.63, 3.8) is 0 Å². The Kier molecular flexibility index (Phi) is 5.65. The van der Waals surface area contributed by atoms with Gasteiger partial charge in [0.25, 0.3) is 0 Å². The number of nitrogens with two attached hydrogens (primary N) is 1. The lowest BCUT2D eigenvalue weighted by atomic mass is 10.0. The number of amides is 1. The van der Waals surface area contributed by atoms with Crippen LogP contribution in [0.1, 0.15) is 32.6 Å². The van der Waals surface area contributed by atoms with Crippen molar-refractivity contribution in [3.8, 4) is 0 Å². The Hall–Kier alpha value is -0.610. The van der Waals surface area contributed by atoms with E-state index in [9.17, 15) is 4.79 Å². The molecule has 0 radical (unpaired) electrons. The Labute approximate surface area is 91.5 Å². The lowest BCUT2D eigenvalue weighted by molar-refractivity contribution is -0.122. The van der Waals surface area contributed by atoms with Crippen LogP contribution in [0.5, 0.6) is 0 Å². The van der Waals surface area contributed by atoms with E-state index in [0.717, 1.165) is 45.4 Å². The molecule has 1 heterocycles. The average molecular weight is 214 g/mol. The van der Waals surface area contributed by atoms with Crippen LogP contribution in [-0.4, -0.2) is 31.7 Å². The molecule has 1 aliphatic heterocycles. The molecule has 15 heavy (non-hydrogen) atoms. The largest absolute Gasteiger partial charge is 0.381 e. The fourth-order valence-corrected chi connectivity index (χ4v) is 1.77. The highest BCUT2D eigenvalue weighted by Crippen LogP contribution is 2.13. The van der Waals surface area contributed by atoms with E-state index in [-0.39, 0.29) is 11.9 Å². The van der Waals surface area contributed by atoms with Crippen molar-refractivity contribution in [2.24, 2.45) is 11.7 Å². The second-order valence-corrected chi connectivity index (χ2v) is 4.20. The number of hydrogen-bond donors (Lipinski definition) is 2. The van der Waals surface area contributed by atoms with Crippen LogP contribution in [0.2, 0.25) is 0 Å². The number of nitrogens with one attached hydrogen (secondary N) is 1. The third kappa shape index (κ3) is 4.62. The van der Waals surface area contributed by atoms with E-state index in [1.54, 1.807) is 0 Å². The minimum absolute atomic E-state index is 0.0108. The maximum Gasteiger partial charge on any atom is 0.236 e. The molecule has 0 saturated carbocycles. The Bertz CT molecular complexity index is 191. The van der Waals surface area contributed by atoms with E-state index < -0.39 is 0 Å². The summed E-state index contributed by atoms with van der Waals surface area (Å²) in [5.41, 5.74) is 5.71. The summed E-state index contributed by atoms with van der Waals surface area (Å²) in [4.78, 5) is 11.5. The van der Waals surface area contributed by atoms with Crippen LogP contribution in [0.3, 0.4) is 0 Å². The monoisotopic (exact) mass is 214 g/mol. The predicted molar refractivity (Wildman–Crippen MR) is 59.4 cm³/mol. The fourth-order valence-electron chi connectivity index (χ4n) is 1.77. The molecule has 4 heteroatoms. The van der Waals surface area contributed by atoms with Gasteiger partial charge >= 0.3 is 0 Å². The minimum Gasteiger partial charge on any atom is -0.381 e. The lowest BCUT2D eigenvalue weighted by Gasteiger charge is -2.22. The van der Waals surface area contributed by atoms with E-state index in [2.05, 4.69) is 5.32 Å². The average Bonchev–Trinajstić information content (AvgIpc) is 2.27. The van der Waals surface area contributed by atoms with Gasteiger partial charge in [0, 0.05) is 19.8 Å². The van der Waals surface area contributed by atoms with Crippen LogP contribution < -0.4 is 11.1 Å². The molecule has 1 unspecified atom stereocenters. The molecule has 1 saturated heterocycles. The summed E-state index contributed by atoms with van der Waals surface area (Å²) in [5, 5.41) is 2.92. The lowest BCUT2D eigenvalue weighted by Crippen LogP contribution is -2.42. The highest BCUT2D eigenvalue weighted by atomic mass is 16.5. The molecule has 0 aromatic rings. The van der Waals surface area contributed by atoms with Crippen LogP contribution >= 0.6 is 0 Å². The van der Waals surface area contributed by atoms with Crippen LogP contribution in [0.15, 0.2) is 0 Å². The molecule has 1 rings (SSSR count). The highest BCUT2D eigenvalue weighted by Gasteiger charge is 2.17. The zero-order chi connectivity index (χ0) is 11.1. The van der Waals surface area contributed by atoms with Crippen molar-refractivity contribution < 1.29 is 9.53 Å². The summed E-state index contributed by atoms with van der Waals surface area (Å²) in [6, 6.07) is -0.338. The van der Waals surface area contributed by atoms with Crippen LogP contribution in [-0.2, 0) is 9.53 Å². The quantitative estimate of drug-likeness (QED) is 0.706. The molecule has 0 bridgehead atoms. The summed E-state index contributed by atoms with van der Waals surface area (Å²) < 4.78 is 5.26. The molecule has 88 valence electrons. The molecule has 0 aromatic carbocycles. The minimum atomic E-state index is -0.338. The van der Waals surface area contributed by atoms with Crippen LogP contribution in [0.25, 0.3) is 0 Å². The van der Waals surface area contributed by atoms with E-state index >= 15 is 0 Å². The molecule has 3 N–H and O–H groups in total. The first-order chi connectivity index (χ1) is 7.24. The van der Waals surface area contributed by atoms with E-state index in [4.69, 9.17) is 10.5 Å². The smallest absolute Gasteiger partial charge is 0.236 e. The molecular weight excluding hydrogens is 192 g/mol. The topological polar surface area (TPSA) is 64.4 Å². The molecule has 0 aliphatic carbocycles. The summed E-state index contributed by atoms with van der Waals surface area (Å²) >= 11 is 0. The number of ether oxygens (including phenoxy) is 1. The van der Waals surface area contributed by atoms with Gasteiger partial charge in [-0.1, -0.05) is 13.3 Å². The third-order valence-electron chi connectivity index (χ3n) is 2.84. The van der Waals surface area contributed by atoms with Crippen molar-refractivity contribution in [1.82, 2.24) is 5.32 Å². The van der Waals surface area contributed by atoms with Crippen LogP contribution in [0, 0.1) is 5.92 Å². The molecule has 1 aliphatic rings. The molecule has 1 atom stereocenters. The standard InChI is InChI=1S/C11H22N2O2/c1-2-3-10(12)11(14)13-8-9-4-6-15-7-5-9/h9-10H,2-8,12H2,1H3,(H,13,14). The fraction of sp³-hybridized carbons (Fsp3) is 0.909. The van der Waals surface area contributed by atoms with Gasteiger partial charge in [-0.25, -0.2) is 0 Å². The maximum atomic E-state index is 11.5. The van der Waals surface area contributed by atoms with Crippen molar-refractivity contribution in [3.05, 3.63) is 0 Å². The zero-order valence-electron chi connectivity index (χ0n) is 9.50. The van der Waals surface area contributed by atoms with Crippen molar-refractivity contribution in [1.29, 1.82) is 0 Å². The van der Waals surface area contributed by atoms with E-state index in [1.807, 2.05) is 6.92 Å². The molecule has 0 aromatic heterocycles. The molecule has 1 fully saturated rings. The number of hydrogen-bond acceptors (Lipinski definition) is 3. The summed E-state index contributed by atoms with van der Waals surface area (Å²) in [6.45, 7) is 4.42. The molecule has 1 amide bonds. The SMILES string of the molecule is CCCC(N)C(=O)NCC1CCOCC1. The number of carbonyl (C=O) groups is 1. The van der Waals surface area contributed by atoms with Gasteiger partial charge in [0.05, 0.1) is 6.04 Å². The molecule has 4 nitrogen and oxygen atoms in total. The summed E-state index contributed by atoms with van der Waals surface area (Å²) in [5.74, 6) is 0.555. The second-order valence-electron chi connectivity index (χ2n) is 4.20. The molecule has 0 spiro atoms. The van der Waals surface area contributed by atoms with Gasteiger partial charge in [-0.05, 0) is 25.2 Å². The van der Waals surface area contributed by atoms with Crippen molar-refractivity contribution in [2.45, 2.75) is 38.6 Å². The zero-order valence-corrected chi connectivity index (χ0v) is 9.50. The molecular formula is C11H22N2O2. The van der Waals surface area contributed by atoms with Gasteiger partial charge in [0.2, 0.25) is 5.91 Å².